The molecule has 1 rings (SSSR count). The van der Waals surface area contributed by atoms with Gasteiger partial charge in [0, 0.05) is 5.56 Å². The highest BCUT2D eigenvalue weighted by atomic mass is 16.5. The van der Waals surface area contributed by atoms with Gasteiger partial charge in [0.2, 0.25) is 5.78 Å². The zero-order chi connectivity index (χ0) is 14.7. The molecule has 1 aromatic carbocycles. The van der Waals surface area contributed by atoms with Crippen LogP contribution in [0.5, 0.6) is 0 Å². The lowest BCUT2D eigenvalue weighted by molar-refractivity contribution is -0.151. The SMILES string of the molecule is COC(=O)C(=O)CC(=O)c1c(C)c(C)cc(C)c1C. The first kappa shape index (κ1) is 15.1. The average molecular weight is 262 g/mol. The Hall–Kier alpha value is -1.97. The fourth-order valence-electron chi connectivity index (χ4n) is 2.06. The molecule has 0 N–H and O–H groups in total. The summed E-state index contributed by atoms with van der Waals surface area (Å²) in [5, 5.41) is 0. The summed E-state index contributed by atoms with van der Waals surface area (Å²) in [5.41, 5.74) is 4.24. The summed E-state index contributed by atoms with van der Waals surface area (Å²) in [4.78, 5) is 34.7. The number of rotatable bonds is 4. The third-order valence-electron chi connectivity index (χ3n) is 3.38. The van der Waals surface area contributed by atoms with Crippen molar-refractivity contribution < 1.29 is 19.1 Å². The first-order chi connectivity index (χ1) is 8.79. The number of ether oxygens (including phenoxy) is 1. The van der Waals surface area contributed by atoms with Crippen LogP contribution in [0.2, 0.25) is 0 Å². The van der Waals surface area contributed by atoms with E-state index in [2.05, 4.69) is 4.74 Å². The number of benzene rings is 1. The molecular weight excluding hydrogens is 244 g/mol. The number of methoxy groups -OCH3 is 1. The third-order valence-corrected chi connectivity index (χ3v) is 3.38. The van der Waals surface area contributed by atoms with Crippen LogP contribution in [0.1, 0.15) is 39.0 Å². The van der Waals surface area contributed by atoms with Crippen molar-refractivity contribution in [3.8, 4) is 0 Å². The summed E-state index contributed by atoms with van der Waals surface area (Å²) in [6.07, 6.45) is -0.447. The number of aryl methyl sites for hydroxylation is 2. The van der Waals surface area contributed by atoms with Crippen molar-refractivity contribution in [2.45, 2.75) is 34.1 Å². The van der Waals surface area contributed by atoms with Gasteiger partial charge >= 0.3 is 5.97 Å². The molecule has 19 heavy (non-hydrogen) atoms. The quantitative estimate of drug-likeness (QED) is 0.361. The zero-order valence-electron chi connectivity index (χ0n) is 11.9. The average Bonchev–Trinajstić information content (AvgIpc) is 2.35. The van der Waals surface area contributed by atoms with Crippen molar-refractivity contribution in [3.05, 3.63) is 33.9 Å². The van der Waals surface area contributed by atoms with E-state index in [1.54, 1.807) is 0 Å². The van der Waals surface area contributed by atoms with E-state index < -0.39 is 18.2 Å². The van der Waals surface area contributed by atoms with Crippen LogP contribution in [0.3, 0.4) is 0 Å². The standard InChI is InChI=1S/C15H18O4/c1-8-6-9(2)11(4)14(10(8)3)12(16)7-13(17)15(18)19-5/h6H,7H2,1-5H3. The highest BCUT2D eigenvalue weighted by Crippen LogP contribution is 2.23. The number of Topliss-reactive ketones (excluding diaryl/α,β-unsaturated/α-hetero) is 2. The molecule has 0 unspecified atom stereocenters. The van der Waals surface area contributed by atoms with Crippen LogP contribution in [0, 0.1) is 27.7 Å². The largest absolute Gasteiger partial charge is 0.463 e. The van der Waals surface area contributed by atoms with Crippen LogP contribution >= 0.6 is 0 Å². The lowest BCUT2D eigenvalue weighted by Crippen LogP contribution is -2.20. The molecular formula is C15H18O4. The van der Waals surface area contributed by atoms with Gasteiger partial charge in [-0.1, -0.05) is 6.07 Å². The highest BCUT2D eigenvalue weighted by Gasteiger charge is 2.22. The predicted octanol–water partition coefficient (Wildman–Crippen LogP) is 2.24. The molecule has 0 aromatic heterocycles. The van der Waals surface area contributed by atoms with Gasteiger partial charge in [0.1, 0.15) is 0 Å². The van der Waals surface area contributed by atoms with E-state index in [1.165, 1.54) is 0 Å². The number of esters is 1. The number of carbonyl (C=O) groups excluding carboxylic acids is 3. The molecule has 0 aliphatic heterocycles. The lowest BCUT2D eigenvalue weighted by Gasteiger charge is -2.13. The molecule has 1 aromatic rings. The van der Waals surface area contributed by atoms with E-state index in [0.717, 1.165) is 29.4 Å². The minimum absolute atomic E-state index is 0.336. The molecule has 0 spiro atoms. The third kappa shape index (κ3) is 3.08. The molecule has 0 fully saturated rings. The zero-order valence-corrected chi connectivity index (χ0v) is 11.9. The molecule has 4 heteroatoms. The Balaban J connectivity index is 3.14. The second-order valence-electron chi connectivity index (χ2n) is 4.65. The monoisotopic (exact) mass is 262 g/mol. The Kier molecular flexibility index (Phi) is 4.59. The van der Waals surface area contributed by atoms with E-state index >= 15 is 0 Å². The molecule has 0 saturated carbocycles. The van der Waals surface area contributed by atoms with Gasteiger partial charge in [-0.05, 0) is 49.9 Å². The number of hydrogen-bond acceptors (Lipinski definition) is 4. The normalized spacial score (nSPS) is 10.2. The predicted molar refractivity (Wildman–Crippen MR) is 71.4 cm³/mol. The Morgan fingerprint density at radius 2 is 1.47 bits per heavy atom. The van der Waals surface area contributed by atoms with E-state index in [-0.39, 0.29) is 5.78 Å². The lowest BCUT2D eigenvalue weighted by atomic mass is 9.90. The summed E-state index contributed by atoms with van der Waals surface area (Å²) in [7, 11) is 1.12. The fraction of sp³-hybridized carbons (Fsp3) is 0.400. The molecule has 0 heterocycles. The summed E-state index contributed by atoms with van der Waals surface area (Å²) in [6, 6.07) is 2.00. The topological polar surface area (TPSA) is 60.4 Å². The highest BCUT2D eigenvalue weighted by molar-refractivity contribution is 6.38. The molecule has 0 aliphatic carbocycles. The maximum atomic E-state index is 12.2. The van der Waals surface area contributed by atoms with Crippen molar-refractivity contribution in [1.29, 1.82) is 0 Å². The van der Waals surface area contributed by atoms with E-state index in [4.69, 9.17) is 0 Å². The fourth-order valence-corrected chi connectivity index (χ4v) is 2.06. The molecule has 0 amide bonds. The van der Waals surface area contributed by atoms with Gasteiger partial charge in [0.25, 0.3) is 0 Å². The summed E-state index contributed by atoms with van der Waals surface area (Å²) in [6.45, 7) is 7.52. The maximum absolute atomic E-state index is 12.2. The van der Waals surface area contributed by atoms with Crippen LogP contribution in [0.4, 0.5) is 0 Å². The maximum Gasteiger partial charge on any atom is 0.374 e. The van der Waals surface area contributed by atoms with Crippen molar-refractivity contribution in [2.75, 3.05) is 7.11 Å². The summed E-state index contributed by atoms with van der Waals surface area (Å²) < 4.78 is 4.32. The van der Waals surface area contributed by atoms with Crippen molar-refractivity contribution in [3.63, 3.8) is 0 Å². The van der Waals surface area contributed by atoms with Gasteiger partial charge in [0.05, 0.1) is 13.5 Å². The number of carbonyl (C=O) groups is 3. The van der Waals surface area contributed by atoms with E-state index in [9.17, 15) is 14.4 Å². The Morgan fingerprint density at radius 3 is 1.89 bits per heavy atom. The first-order valence-electron chi connectivity index (χ1n) is 6.01. The van der Waals surface area contributed by atoms with Crippen molar-refractivity contribution >= 4 is 17.5 Å². The minimum Gasteiger partial charge on any atom is -0.463 e. The Morgan fingerprint density at radius 1 is 1.00 bits per heavy atom. The van der Waals surface area contributed by atoms with Gasteiger partial charge in [-0.3, -0.25) is 9.59 Å². The molecule has 0 atom stereocenters. The molecule has 0 saturated heterocycles. The first-order valence-corrected chi connectivity index (χ1v) is 6.01. The van der Waals surface area contributed by atoms with Gasteiger partial charge in [-0.2, -0.15) is 0 Å². The molecule has 102 valence electrons. The van der Waals surface area contributed by atoms with Crippen LogP contribution in [0.25, 0.3) is 0 Å². The smallest absolute Gasteiger partial charge is 0.374 e. The van der Waals surface area contributed by atoms with Gasteiger partial charge < -0.3 is 4.74 Å². The second-order valence-corrected chi connectivity index (χ2v) is 4.65. The molecule has 0 radical (unpaired) electrons. The van der Waals surface area contributed by atoms with E-state index in [1.807, 2.05) is 33.8 Å². The van der Waals surface area contributed by atoms with Crippen LogP contribution in [0.15, 0.2) is 6.07 Å². The van der Waals surface area contributed by atoms with Gasteiger partial charge in [-0.15, -0.1) is 0 Å². The Labute approximate surface area is 112 Å². The Bertz CT molecular complexity index is 530. The number of ketones is 2. The van der Waals surface area contributed by atoms with Gasteiger partial charge in [-0.25, -0.2) is 4.79 Å². The number of hydrogen-bond donors (Lipinski definition) is 0. The van der Waals surface area contributed by atoms with E-state index in [0.29, 0.717) is 5.56 Å². The summed E-state index contributed by atoms with van der Waals surface area (Å²) >= 11 is 0. The van der Waals surface area contributed by atoms with Crippen molar-refractivity contribution in [1.82, 2.24) is 0 Å². The molecule has 0 bridgehead atoms. The van der Waals surface area contributed by atoms with Crippen LogP contribution < -0.4 is 0 Å². The summed E-state index contributed by atoms with van der Waals surface area (Å²) in [5.74, 6) is -2.13. The molecule has 0 aliphatic rings. The van der Waals surface area contributed by atoms with Gasteiger partial charge in [0.15, 0.2) is 5.78 Å². The second kappa shape index (κ2) is 5.78. The minimum atomic E-state index is -0.979. The van der Waals surface area contributed by atoms with Crippen LogP contribution in [-0.2, 0) is 14.3 Å². The van der Waals surface area contributed by atoms with Crippen molar-refractivity contribution in [2.24, 2.45) is 0 Å². The van der Waals surface area contributed by atoms with Crippen LogP contribution in [-0.4, -0.2) is 24.6 Å². The molecule has 4 nitrogen and oxygen atoms in total.